The second-order valence-electron chi connectivity index (χ2n) is 5.32. The van der Waals surface area contributed by atoms with Crippen LogP contribution in [0.5, 0.6) is 0 Å². The fourth-order valence-electron chi connectivity index (χ4n) is 2.60. The molecule has 2 atom stereocenters. The van der Waals surface area contributed by atoms with E-state index in [4.69, 9.17) is 4.74 Å². The summed E-state index contributed by atoms with van der Waals surface area (Å²) in [5.41, 5.74) is 0.805. The van der Waals surface area contributed by atoms with Crippen molar-refractivity contribution in [2.45, 2.75) is 18.1 Å². The average molecular weight is 301 g/mol. The first kappa shape index (κ1) is 15.4. The summed E-state index contributed by atoms with van der Waals surface area (Å²) in [6.45, 7) is 0.853. The third-order valence-electron chi connectivity index (χ3n) is 3.68. The summed E-state index contributed by atoms with van der Waals surface area (Å²) in [5, 5.41) is -0.463. The lowest BCUT2D eigenvalue weighted by Gasteiger charge is -2.33. The van der Waals surface area contributed by atoms with Gasteiger partial charge < -0.3 is 4.74 Å². The van der Waals surface area contributed by atoms with Gasteiger partial charge in [0.05, 0.1) is 11.9 Å². The minimum Gasteiger partial charge on any atom is -0.381 e. The van der Waals surface area contributed by atoms with Crippen LogP contribution in [0, 0.1) is 11.7 Å². The predicted octanol–water partition coefficient (Wildman–Crippen LogP) is 1.66. The van der Waals surface area contributed by atoms with Crippen LogP contribution >= 0.6 is 0 Å². The topological polar surface area (TPSA) is 46.6 Å². The molecule has 0 saturated carbocycles. The Morgan fingerprint density at radius 2 is 2.15 bits per heavy atom. The Bertz CT molecular complexity index is 559. The van der Waals surface area contributed by atoms with Crippen LogP contribution in [0.25, 0.3) is 0 Å². The zero-order valence-corrected chi connectivity index (χ0v) is 12.6. The fourth-order valence-corrected chi connectivity index (χ4v) is 4.19. The SMILES string of the molecule is CN(C)S(=O)(=O)[C@H]1CCOC[C@@H]1Cc1cccc(F)c1. The molecule has 1 aliphatic rings. The summed E-state index contributed by atoms with van der Waals surface area (Å²) in [5.74, 6) is -0.441. The van der Waals surface area contributed by atoms with Crippen LogP contribution in [-0.4, -0.2) is 45.3 Å². The minimum atomic E-state index is -3.32. The van der Waals surface area contributed by atoms with Gasteiger partial charge in [0.1, 0.15) is 5.82 Å². The van der Waals surface area contributed by atoms with Crippen molar-refractivity contribution in [1.82, 2.24) is 4.31 Å². The average Bonchev–Trinajstić information content (AvgIpc) is 2.39. The second kappa shape index (κ2) is 6.20. The Labute approximate surface area is 119 Å². The van der Waals surface area contributed by atoms with Crippen LogP contribution < -0.4 is 0 Å². The number of benzene rings is 1. The highest BCUT2D eigenvalue weighted by molar-refractivity contribution is 7.89. The van der Waals surface area contributed by atoms with Gasteiger partial charge in [0.25, 0.3) is 0 Å². The summed E-state index contributed by atoms with van der Waals surface area (Å²) in [7, 11) is -0.228. The lowest BCUT2D eigenvalue weighted by molar-refractivity contribution is 0.0563. The highest BCUT2D eigenvalue weighted by atomic mass is 32.2. The number of nitrogens with zero attached hydrogens (tertiary/aromatic N) is 1. The molecule has 2 rings (SSSR count). The molecular weight excluding hydrogens is 281 g/mol. The van der Waals surface area contributed by atoms with Crippen molar-refractivity contribution < 1.29 is 17.5 Å². The van der Waals surface area contributed by atoms with E-state index in [0.717, 1.165) is 5.56 Å². The number of ether oxygens (including phenoxy) is 1. The van der Waals surface area contributed by atoms with Gasteiger partial charge in [-0.05, 0) is 30.5 Å². The predicted molar refractivity (Wildman–Crippen MR) is 75.4 cm³/mol. The van der Waals surface area contributed by atoms with Gasteiger partial charge in [-0.25, -0.2) is 17.1 Å². The standard InChI is InChI=1S/C14H20FNO3S/c1-16(2)20(17,18)14-6-7-19-10-12(14)8-11-4-3-5-13(15)9-11/h3-5,9,12,14H,6-8,10H2,1-2H3/t12-,14-/m0/s1. The maximum atomic E-state index is 13.2. The van der Waals surface area contributed by atoms with Crippen LogP contribution in [0.15, 0.2) is 24.3 Å². The van der Waals surface area contributed by atoms with E-state index in [-0.39, 0.29) is 11.7 Å². The maximum Gasteiger partial charge on any atom is 0.216 e. The molecule has 1 fully saturated rings. The van der Waals surface area contributed by atoms with Crippen molar-refractivity contribution in [3.63, 3.8) is 0 Å². The van der Waals surface area contributed by atoms with Gasteiger partial charge in [-0.1, -0.05) is 12.1 Å². The Morgan fingerprint density at radius 3 is 2.80 bits per heavy atom. The summed E-state index contributed by atoms with van der Waals surface area (Å²) >= 11 is 0. The number of rotatable bonds is 4. The van der Waals surface area contributed by atoms with Gasteiger partial charge in [-0.2, -0.15) is 0 Å². The molecule has 1 aromatic carbocycles. The Hall–Kier alpha value is -0.980. The second-order valence-corrected chi connectivity index (χ2v) is 7.69. The summed E-state index contributed by atoms with van der Waals surface area (Å²) < 4.78 is 44.6. The van der Waals surface area contributed by atoms with E-state index in [1.807, 2.05) is 6.07 Å². The molecule has 0 aliphatic carbocycles. The van der Waals surface area contributed by atoms with Crippen LogP contribution in [-0.2, 0) is 21.2 Å². The van der Waals surface area contributed by atoms with E-state index in [0.29, 0.717) is 26.1 Å². The van der Waals surface area contributed by atoms with E-state index >= 15 is 0 Å². The zero-order chi connectivity index (χ0) is 14.8. The Morgan fingerprint density at radius 1 is 1.40 bits per heavy atom. The van der Waals surface area contributed by atoms with Crippen LogP contribution in [0.3, 0.4) is 0 Å². The van der Waals surface area contributed by atoms with Crippen molar-refractivity contribution in [1.29, 1.82) is 0 Å². The number of sulfonamides is 1. The molecule has 1 aromatic rings. The van der Waals surface area contributed by atoms with Gasteiger partial charge in [0.15, 0.2) is 0 Å². The maximum absolute atomic E-state index is 13.2. The van der Waals surface area contributed by atoms with Crippen molar-refractivity contribution >= 4 is 10.0 Å². The largest absolute Gasteiger partial charge is 0.381 e. The van der Waals surface area contributed by atoms with Crippen LogP contribution in [0.1, 0.15) is 12.0 Å². The zero-order valence-electron chi connectivity index (χ0n) is 11.8. The summed E-state index contributed by atoms with van der Waals surface area (Å²) in [6, 6.07) is 6.30. The quantitative estimate of drug-likeness (QED) is 0.850. The van der Waals surface area contributed by atoms with Gasteiger partial charge >= 0.3 is 0 Å². The number of halogens is 1. The van der Waals surface area contributed by atoms with Crippen molar-refractivity contribution in [2.75, 3.05) is 27.3 Å². The van der Waals surface area contributed by atoms with Crippen molar-refractivity contribution in [3.8, 4) is 0 Å². The van der Waals surface area contributed by atoms with Gasteiger partial charge in [0, 0.05) is 26.6 Å². The summed E-state index contributed by atoms with van der Waals surface area (Å²) in [6.07, 6.45) is 0.996. The third kappa shape index (κ3) is 3.37. The first-order valence-electron chi connectivity index (χ1n) is 6.65. The summed E-state index contributed by atoms with van der Waals surface area (Å²) in [4.78, 5) is 0. The molecule has 1 heterocycles. The number of hydrogen-bond donors (Lipinski definition) is 0. The molecule has 20 heavy (non-hydrogen) atoms. The molecule has 112 valence electrons. The molecule has 0 amide bonds. The van der Waals surface area contributed by atoms with Crippen molar-refractivity contribution in [2.24, 2.45) is 5.92 Å². The number of hydrogen-bond acceptors (Lipinski definition) is 3. The molecule has 0 unspecified atom stereocenters. The molecule has 4 nitrogen and oxygen atoms in total. The smallest absolute Gasteiger partial charge is 0.216 e. The van der Waals surface area contributed by atoms with Crippen LogP contribution in [0.4, 0.5) is 4.39 Å². The highest BCUT2D eigenvalue weighted by Crippen LogP contribution is 2.27. The van der Waals surface area contributed by atoms with E-state index < -0.39 is 15.3 Å². The molecule has 6 heteroatoms. The van der Waals surface area contributed by atoms with E-state index in [1.54, 1.807) is 20.2 Å². The molecule has 1 aliphatic heterocycles. The molecule has 0 spiro atoms. The monoisotopic (exact) mass is 301 g/mol. The van der Waals surface area contributed by atoms with Gasteiger partial charge in [-0.15, -0.1) is 0 Å². The highest BCUT2D eigenvalue weighted by Gasteiger charge is 2.37. The molecule has 0 bridgehead atoms. The van der Waals surface area contributed by atoms with E-state index in [1.165, 1.54) is 16.4 Å². The molecule has 1 saturated heterocycles. The first-order valence-corrected chi connectivity index (χ1v) is 8.15. The van der Waals surface area contributed by atoms with E-state index in [2.05, 4.69) is 0 Å². The van der Waals surface area contributed by atoms with Gasteiger partial charge in [0.2, 0.25) is 10.0 Å². The first-order chi connectivity index (χ1) is 9.41. The fraction of sp³-hybridized carbons (Fsp3) is 0.571. The normalized spacial score (nSPS) is 24.0. The Kier molecular flexibility index (Phi) is 4.78. The minimum absolute atomic E-state index is 0.141. The molecular formula is C14H20FNO3S. The van der Waals surface area contributed by atoms with E-state index in [9.17, 15) is 12.8 Å². The lowest BCUT2D eigenvalue weighted by atomic mass is 9.93. The molecule has 0 radical (unpaired) electrons. The van der Waals surface area contributed by atoms with Gasteiger partial charge in [-0.3, -0.25) is 0 Å². The van der Waals surface area contributed by atoms with Crippen LogP contribution in [0.2, 0.25) is 0 Å². The lowest BCUT2D eigenvalue weighted by Crippen LogP contribution is -2.44. The Balaban J connectivity index is 2.20. The third-order valence-corrected chi connectivity index (χ3v) is 6.09. The molecule has 0 N–H and O–H groups in total. The van der Waals surface area contributed by atoms with Crippen molar-refractivity contribution in [3.05, 3.63) is 35.6 Å². The molecule has 0 aromatic heterocycles.